The lowest BCUT2D eigenvalue weighted by molar-refractivity contribution is 0.0945. The average molecular weight is 361 g/mol. The van der Waals surface area contributed by atoms with Gasteiger partial charge in [-0.1, -0.05) is 28.1 Å². The molecule has 0 aromatic heterocycles. The molecular formula is C13H15Br2NO. The highest BCUT2D eigenvalue weighted by molar-refractivity contribution is 9.10. The van der Waals surface area contributed by atoms with E-state index in [4.69, 9.17) is 0 Å². The zero-order chi connectivity index (χ0) is 12.5. The third-order valence-electron chi connectivity index (χ3n) is 3.30. The number of nitrogens with one attached hydrogen (secondary N) is 1. The van der Waals surface area contributed by atoms with Gasteiger partial charge in [-0.05, 0) is 52.7 Å². The molecule has 2 nitrogen and oxygen atoms in total. The van der Waals surface area contributed by atoms with Crippen LogP contribution in [-0.2, 0) is 0 Å². The van der Waals surface area contributed by atoms with Crippen LogP contribution in [0.2, 0.25) is 0 Å². The molecule has 1 aromatic rings. The molecular weight excluding hydrogens is 346 g/mol. The lowest BCUT2D eigenvalue weighted by Gasteiger charge is -2.13. The van der Waals surface area contributed by atoms with E-state index in [1.165, 1.54) is 12.8 Å². The third kappa shape index (κ3) is 2.91. The minimum absolute atomic E-state index is 0.00722. The second-order valence-electron chi connectivity index (χ2n) is 4.75. The molecule has 0 unspecified atom stereocenters. The van der Waals surface area contributed by atoms with E-state index >= 15 is 0 Å². The van der Waals surface area contributed by atoms with Crippen molar-refractivity contribution < 1.29 is 4.79 Å². The van der Waals surface area contributed by atoms with Crippen molar-refractivity contribution >= 4 is 37.8 Å². The number of benzene rings is 1. The van der Waals surface area contributed by atoms with E-state index < -0.39 is 0 Å². The molecule has 2 rings (SSSR count). The van der Waals surface area contributed by atoms with Crippen molar-refractivity contribution in [3.05, 3.63) is 33.8 Å². The number of alkyl halides is 1. The van der Waals surface area contributed by atoms with Crippen molar-refractivity contribution in [3.8, 4) is 0 Å². The van der Waals surface area contributed by atoms with Crippen LogP contribution in [0.5, 0.6) is 0 Å². The fourth-order valence-electron chi connectivity index (χ4n) is 1.72. The van der Waals surface area contributed by atoms with Gasteiger partial charge in [-0.25, -0.2) is 0 Å². The summed E-state index contributed by atoms with van der Waals surface area (Å²) in [7, 11) is 0. The first-order valence-corrected chi connectivity index (χ1v) is 7.59. The number of carbonyl (C=O) groups is 1. The highest BCUT2D eigenvalue weighted by Crippen LogP contribution is 2.46. The van der Waals surface area contributed by atoms with E-state index in [0.29, 0.717) is 5.41 Å². The van der Waals surface area contributed by atoms with Gasteiger partial charge in [-0.15, -0.1) is 0 Å². The first kappa shape index (κ1) is 13.1. The maximum absolute atomic E-state index is 12.1. The van der Waals surface area contributed by atoms with Gasteiger partial charge in [0.2, 0.25) is 0 Å². The molecule has 1 saturated carbocycles. The van der Waals surface area contributed by atoms with Crippen LogP contribution < -0.4 is 5.32 Å². The van der Waals surface area contributed by atoms with E-state index in [-0.39, 0.29) is 5.91 Å². The lowest BCUT2D eigenvalue weighted by atomic mass is 10.1. The Labute approximate surface area is 118 Å². The van der Waals surface area contributed by atoms with Crippen molar-refractivity contribution in [2.45, 2.75) is 19.8 Å². The van der Waals surface area contributed by atoms with Crippen LogP contribution in [0.25, 0.3) is 0 Å². The number of rotatable bonds is 4. The number of hydrogen-bond acceptors (Lipinski definition) is 1. The number of aryl methyl sites for hydroxylation is 1. The molecule has 1 amide bonds. The minimum atomic E-state index is 0.00722. The highest BCUT2D eigenvalue weighted by Gasteiger charge is 2.41. The summed E-state index contributed by atoms with van der Waals surface area (Å²) in [6.07, 6.45) is 2.40. The summed E-state index contributed by atoms with van der Waals surface area (Å²) in [6, 6.07) is 5.74. The van der Waals surface area contributed by atoms with Crippen molar-refractivity contribution in [1.82, 2.24) is 5.32 Å². The standard InChI is InChI=1S/C13H15Br2NO/c1-9-3-2-4-10(11(9)15)12(17)16-8-13(7-14)5-6-13/h2-4H,5-8H2,1H3,(H,16,17). The Morgan fingerprint density at radius 2 is 2.18 bits per heavy atom. The summed E-state index contributed by atoms with van der Waals surface area (Å²) in [5.41, 5.74) is 2.11. The van der Waals surface area contributed by atoms with E-state index in [1.54, 1.807) is 0 Å². The Morgan fingerprint density at radius 1 is 1.47 bits per heavy atom. The fourth-order valence-corrected chi connectivity index (χ4v) is 2.92. The molecule has 1 aromatic carbocycles. The highest BCUT2D eigenvalue weighted by atomic mass is 79.9. The number of carbonyl (C=O) groups excluding carboxylic acids is 1. The molecule has 0 bridgehead atoms. The summed E-state index contributed by atoms with van der Waals surface area (Å²) in [4.78, 5) is 12.1. The smallest absolute Gasteiger partial charge is 0.252 e. The SMILES string of the molecule is Cc1cccc(C(=O)NCC2(CBr)CC2)c1Br. The lowest BCUT2D eigenvalue weighted by Crippen LogP contribution is -2.31. The van der Waals surface area contributed by atoms with Crippen LogP contribution in [0.1, 0.15) is 28.8 Å². The molecule has 0 aliphatic heterocycles. The van der Waals surface area contributed by atoms with E-state index in [2.05, 4.69) is 37.2 Å². The molecule has 1 fully saturated rings. The summed E-state index contributed by atoms with van der Waals surface area (Å²) in [6.45, 7) is 2.75. The second-order valence-corrected chi connectivity index (χ2v) is 6.11. The first-order valence-electron chi connectivity index (χ1n) is 5.67. The van der Waals surface area contributed by atoms with Gasteiger partial charge in [-0.3, -0.25) is 4.79 Å². The Kier molecular flexibility index (Phi) is 3.93. The zero-order valence-corrected chi connectivity index (χ0v) is 12.9. The topological polar surface area (TPSA) is 29.1 Å². The van der Waals surface area contributed by atoms with Gasteiger partial charge in [0.05, 0.1) is 5.56 Å². The molecule has 17 heavy (non-hydrogen) atoms. The minimum Gasteiger partial charge on any atom is -0.351 e. The Balaban J connectivity index is 2.02. The molecule has 0 atom stereocenters. The van der Waals surface area contributed by atoms with Crippen molar-refractivity contribution in [2.75, 3.05) is 11.9 Å². The predicted octanol–water partition coefficient (Wildman–Crippen LogP) is 3.66. The van der Waals surface area contributed by atoms with Gasteiger partial charge in [0, 0.05) is 16.3 Å². The predicted molar refractivity (Wildman–Crippen MR) is 76.7 cm³/mol. The quantitative estimate of drug-likeness (QED) is 0.815. The van der Waals surface area contributed by atoms with Crippen LogP contribution in [0, 0.1) is 12.3 Å². The maximum Gasteiger partial charge on any atom is 0.252 e. The second kappa shape index (κ2) is 5.11. The molecule has 0 spiro atoms. The molecule has 92 valence electrons. The van der Waals surface area contributed by atoms with Crippen molar-refractivity contribution in [1.29, 1.82) is 0 Å². The van der Waals surface area contributed by atoms with E-state index in [1.807, 2.05) is 25.1 Å². The van der Waals surface area contributed by atoms with Crippen molar-refractivity contribution in [2.24, 2.45) is 5.41 Å². The summed E-state index contributed by atoms with van der Waals surface area (Å²) < 4.78 is 0.890. The van der Waals surface area contributed by atoms with E-state index in [0.717, 1.165) is 27.5 Å². The van der Waals surface area contributed by atoms with Gasteiger partial charge < -0.3 is 5.32 Å². The van der Waals surface area contributed by atoms with E-state index in [9.17, 15) is 4.79 Å². The van der Waals surface area contributed by atoms with Gasteiger partial charge in [0.1, 0.15) is 0 Å². The summed E-state index contributed by atoms with van der Waals surface area (Å²) in [5.74, 6) is 0.00722. The molecule has 1 aliphatic rings. The largest absolute Gasteiger partial charge is 0.351 e. The first-order chi connectivity index (χ1) is 8.08. The van der Waals surface area contributed by atoms with Crippen LogP contribution >= 0.6 is 31.9 Å². The van der Waals surface area contributed by atoms with Gasteiger partial charge in [0.15, 0.2) is 0 Å². The summed E-state index contributed by atoms with van der Waals surface area (Å²) in [5, 5.41) is 3.99. The van der Waals surface area contributed by atoms with Gasteiger partial charge in [-0.2, -0.15) is 0 Å². The fraction of sp³-hybridized carbons (Fsp3) is 0.462. The Morgan fingerprint density at radius 3 is 2.76 bits per heavy atom. The third-order valence-corrected chi connectivity index (χ3v) is 5.54. The van der Waals surface area contributed by atoms with Crippen molar-refractivity contribution in [3.63, 3.8) is 0 Å². The average Bonchev–Trinajstić information content (AvgIpc) is 3.10. The van der Waals surface area contributed by atoms with Crippen LogP contribution in [0.3, 0.4) is 0 Å². The molecule has 4 heteroatoms. The molecule has 1 N–H and O–H groups in total. The molecule has 1 aliphatic carbocycles. The molecule has 0 saturated heterocycles. The number of halogens is 2. The normalized spacial score (nSPS) is 16.6. The van der Waals surface area contributed by atoms with Crippen LogP contribution in [0.4, 0.5) is 0 Å². The summed E-state index contributed by atoms with van der Waals surface area (Å²) >= 11 is 6.97. The number of hydrogen-bond donors (Lipinski definition) is 1. The van der Waals surface area contributed by atoms with Crippen LogP contribution in [-0.4, -0.2) is 17.8 Å². The molecule has 0 radical (unpaired) electrons. The number of amides is 1. The van der Waals surface area contributed by atoms with Crippen LogP contribution in [0.15, 0.2) is 22.7 Å². The van der Waals surface area contributed by atoms with Gasteiger partial charge in [0.25, 0.3) is 5.91 Å². The Bertz CT molecular complexity index is 441. The molecule has 0 heterocycles. The monoisotopic (exact) mass is 359 g/mol. The van der Waals surface area contributed by atoms with Gasteiger partial charge >= 0.3 is 0 Å². The maximum atomic E-state index is 12.1. The Hall–Kier alpha value is -0.350. The zero-order valence-electron chi connectivity index (χ0n) is 9.72.